The number of ether oxygens (including phenoxy) is 1. The van der Waals surface area contributed by atoms with Crippen LogP contribution in [0.1, 0.15) is 32.6 Å². The number of esters is 1. The van der Waals surface area contributed by atoms with E-state index in [1.54, 1.807) is 0 Å². The lowest BCUT2D eigenvalue weighted by Gasteiger charge is -2.25. The van der Waals surface area contributed by atoms with E-state index in [1.807, 2.05) is 0 Å². The summed E-state index contributed by atoms with van der Waals surface area (Å²) in [7, 11) is 0. The molecule has 0 aromatic rings. The number of hydrogen-bond acceptors (Lipinski definition) is 3. The summed E-state index contributed by atoms with van der Waals surface area (Å²) >= 11 is 0. The largest absolute Gasteiger partial charge is 0.460 e. The van der Waals surface area contributed by atoms with Crippen LogP contribution in [-0.4, -0.2) is 24.0 Å². The van der Waals surface area contributed by atoms with Gasteiger partial charge in [-0.2, -0.15) is 0 Å². The Morgan fingerprint density at radius 2 is 2.14 bits per heavy atom. The van der Waals surface area contributed by atoms with E-state index in [2.05, 4.69) is 5.32 Å². The summed E-state index contributed by atoms with van der Waals surface area (Å²) in [5.74, 6) is -0.199. The van der Waals surface area contributed by atoms with Gasteiger partial charge in [0.05, 0.1) is 0 Å². The molecule has 78 valence electrons. The molecule has 1 aliphatic carbocycles. The summed E-state index contributed by atoms with van der Waals surface area (Å²) in [6.07, 6.45) is 4.25. The topological polar surface area (TPSA) is 55.4 Å². The molecule has 0 aromatic carbocycles. The number of rotatable bonds is 1. The summed E-state index contributed by atoms with van der Waals surface area (Å²) in [5, 5.41) is 2.68. The summed E-state index contributed by atoms with van der Waals surface area (Å²) in [4.78, 5) is 22.3. The lowest BCUT2D eigenvalue weighted by Crippen LogP contribution is -2.42. The van der Waals surface area contributed by atoms with Gasteiger partial charge in [-0.05, 0) is 19.3 Å². The van der Waals surface area contributed by atoms with Gasteiger partial charge >= 0.3 is 5.97 Å². The molecule has 0 radical (unpaired) electrons. The van der Waals surface area contributed by atoms with E-state index in [1.165, 1.54) is 6.92 Å². The van der Waals surface area contributed by atoms with E-state index in [4.69, 9.17) is 4.74 Å². The minimum absolute atomic E-state index is 0.0492. The van der Waals surface area contributed by atoms with Crippen LogP contribution in [0.15, 0.2) is 0 Å². The summed E-state index contributed by atoms with van der Waals surface area (Å²) in [5.41, 5.74) is 0. The maximum atomic E-state index is 11.4. The predicted molar refractivity (Wildman–Crippen MR) is 49.4 cm³/mol. The van der Waals surface area contributed by atoms with Crippen molar-refractivity contribution in [1.29, 1.82) is 0 Å². The van der Waals surface area contributed by atoms with Gasteiger partial charge in [-0.3, -0.25) is 4.79 Å². The van der Waals surface area contributed by atoms with E-state index >= 15 is 0 Å². The highest BCUT2D eigenvalue weighted by atomic mass is 16.6. The van der Waals surface area contributed by atoms with Gasteiger partial charge in [0.25, 0.3) is 0 Å². The van der Waals surface area contributed by atoms with E-state index in [0.717, 1.165) is 25.7 Å². The molecule has 3 unspecified atom stereocenters. The van der Waals surface area contributed by atoms with Gasteiger partial charge in [-0.15, -0.1) is 0 Å². The summed E-state index contributed by atoms with van der Waals surface area (Å²) in [6, 6.07) is -0.391. The molecule has 0 bridgehead atoms. The zero-order valence-electron chi connectivity index (χ0n) is 8.29. The van der Waals surface area contributed by atoms with Crippen LogP contribution in [0.2, 0.25) is 0 Å². The van der Waals surface area contributed by atoms with Gasteiger partial charge in [-0.25, -0.2) is 4.79 Å². The maximum Gasteiger partial charge on any atom is 0.329 e. The molecule has 4 heteroatoms. The van der Waals surface area contributed by atoms with Gasteiger partial charge in [-0.1, -0.05) is 6.42 Å². The molecule has 2 aliphatic rings. The van der Waals surface area contributed by atoms with Crippen LogP contribution < -0.4 is 5.32 Å². The van der Waals surface area contributed by atoms with Crippen molar-refractivity contribution in [2.24, 2.45) is 5.92 Å². The first-order valence-electron chi connectivity index (χ1n) is 5.16. The van der Waals surface area contributed by atoms with Gasteiger partial charge in [0.15, 0.2) is 0 Å². The molecule has 1 heterocycles. The Morgan fingerprint density at radius 1 is 1.43 bits per heavy atom. The van der Waals surface area contributed by atoms with Gasteiger partial charge in [0.1, 0.15) is 12.1 Å². The van der Waals surface area contributed by atoms with E-state index in [9.17, 15) is 9.59 Å². The van der Waals surface area contributed by atoms with Crippen LogP contribution in [0, 0.1) is 5.92 Å². The van der Waals surface area contributed by atoms with Gasteiger partial charge < -0.3 is 10.1 Å². The first-order valence-corrected chi connectivity index (χ1v) is 5.16. The smallest absolute Gasteiger partial charge is 0.329 e. The quantitative estimate of drug-likeness (QED) is 0.626. The molecule has 1 saturated heterocycles. The predicted octanol–water partition coefficient (Wildman–Crippen LogP) is 0.607. The zero-order valence-corrected chi connectivity index (χ0v) is 8.29. The first kappa shape index (κ1) is 9.49. The molecule has 3 atom stereocenters. The molecule has 0 spiro atoms. The lowest BCUT2D eigenvalue weighted by atomic mass is 9.83. The summed E-state index contributed by atoms with van der Waals surface area (Å²) < 4.78 is 5.23. The average Bonchev–Trinajstić information content (AvgIpc) is 2.43. The van der Waals surface area contributed by atoms with Crippen LogP contribution in [0.3, 0.4) is 0 Å². The standard InChI is InChI=1S/C10H15NO3/c1-6(12)11-9-7-4-2-3-5-8(7)14-10(9)13/h7-9H,2-5H2,1H3,(H,11,12). The third kappa shape index (κ3) is 1.61. The fourth-order valence-corrected chi connectivity index (χ4v) is 2.44. The van der Waals surface area contributed by atoms with Gasteiger partial charge in [0.2, 0.25) is 5.91 Å². The average molecular weight is 197 g/mol. The van der Waals surface area contributed by atoms with Crippen molar-refractivity contribution in [3.05, 3.63) is 0 Å². The first-order chi connectivity index (χ1) is 6.68. The highest BCUT2D eigenvalue weighted by molar-refractivity contribution is 5.85. The number of amides is 1. The summed E-state index contributed by atoms with van der Waals surface area (Å²) in [6.45, 7) is 1.43. The molecule has 1 saturated carbocycles. The van der Waals surface area contributed by atoms with Crippen molar-refractivity contribution >= 4 is 11.9 Å². The van der Waals surface area contributed by atoms with Crippen molar-refractivity contribution in [3.8, 4) is 0 Å². The fraction of sp³-hybridized carbons (Fsp3) is 0.800. The molecular formula is C10H15NO3. The second-order valence-electron chi connectivity index (χ2n) is 4.10. The highest BCUT2D eigenvalue weighted by Gasteiger charge is 2.45. The normalized spacial score (nSPS) is 36.1. The van der Waals surface area contributed by atoms with Crippen LogP contribution in [0.4, 0.5) is 0 Å². The van der Waals surface area contributed by atoms with E-state index < -0.39 is 6.04 Å². The molecule has 14 heavy (non-hydrogen) atoms. The van der Waals surface area contributed by atoms with Crippen molar-refractivity contribution in [1.82, 2.24) is 5.32 Å². The van der Waals surface area contributed by atoms with Crippen LogP contribution in [0.25, 0.3) is 0 Å². The van der Waals surface area contributed by atoms with E-state index in [-0.39, 0.29) is 23.9 Å². The molecule has 0 aromatic heterocycles. The Kier molecular flexibility index (Phi) is 2.44. The second-order valence-corrected chi connectivity index (χ2v) is 4.10. The molecular weight excluding hydrogens is 182 g/mol. The molecule has 2 rings (SSSR count). The third-order valence-corrected chi connectivity index (χ3v) is 3.06. The van der Waals surface area contributed by atoms with Crippen molar-refractivity contribution < 1.29 is 14.3 Å². The number of fused-ring (bicyclic) bond motifs is 1. The SMILES string of the molecule is CC(=O)NC1C(=O)OC2CCCCC21. The fourth-order valence-electron chi connectivity index (χ4n) is 2.44. The third-order valence-electron chi connectivity index (χ3n) is 3.06. The number of carbonyl (C=O) groups excluding carboxylic acids is 2. The Bertz CT molecular complexity index is 264. The van der Waals surface area contributed by atoms with Crippen LogP contribution >= 0.6 is 0 Å². The second kappa shape index (κ2) is 3.59. The molecule has 2 fully saturated rings. The lowest BCUT2D eigenvalue weighted by molar-refractivity contribution is -0.144. The van der Waals surface area contributed by atoms with Crippen molar-refractivity contribution in [2.75, 3.05) is 0 Å². The molecule has 1 aliphatic heterocycles. The van der Waals surface area contributed by atoms with Crippen molar-refractivity contribution in [3.63, 3.8) is 0 Å². The van der Waals surface area contributed by atoms with Crippen molar-refractivity contribution in [2.45, 2.75) is 44.8 Å². The van der Waals surface area contributed by atoms with Crippen LogP contribution in [0.5, 0.6) is 0 Å². The van der Waals surface area contributed by atoms with Crippen LogP contribution in [-0.2, 0) is 14.3 Å². The Balaban J connectivity index is 2.07. The molecule has 4 nitrogen and oxygen atoms in total. The van der Waals surface area contributed by atoms with E-state index in [0.29, 0.717) is 0 Å². The number of carbonyl (C=O) groups is 2. The Labute approximate surface area is 83.0 Å². The molecule has 1 N–H and O–H groups in total. The maximum absolute atomic E-state index is 11.4. The minimum atomic E-state index is -0.391. The Morgan fingerprint density at radius 3 is 2.86 bits per heavy atom. The van der Waals surface area contributed by atoms with Gasteiger partial charge in [0, 0.05) is 12.8 Å². The zero-order chi connectivity index (χ0) is 10.1. The molecule has 1 amide bonds. The number of hydrogen-bond donors (Lipinski definition) is 1. The monoisotopic (exact) mass is 197 g/mol. The minimum Gasteiger partial charge on any atom is -0.460 e. The number of nitrogens with one attached hydrogen (secondary N) is 1. The highest BCUT2D eigenvalue weighted by Crippen LogP contribution is 2.34. The Hall–Kier alpha value is -1.06.